The molecular weight excluding hydrogens is 250 g/mol. The van der Waals surface area contributed by atoms with Crippen LogP contribution in [0.5, 0.6) is 5.75 Å². The van der Waals surface area contributed by atoms with Crippen molar-refractivity contribution in [1.82, 2.24) is 9.55 Å². The summed E-state index contributed by atoms with van der Waals surface area (Å²) in [6.07, 6.45) is 4.15. The Bertz CT molecular complexity index is 508. The minimum absolute atomic E-state index is 0.713. The third kappa shape index (κ3) is 4.30. The van der Waals surface area contributed by atoms with Gasteiger partial charge in [-0.05, 0) is 31.9 Å². The van der Waals surface area contributed by atoms with Crippen molar-refractivity contribution in [2.45, 2.75) is 33.2 Å². The van der Waals surface area contributed by atoms with Crippen LogP contribution in [0, 0.1) is 6.92 Å². The molecule has 0 bridgehead atoms. The van der Waals surface area contributed by atoms with Gasteiger partial charge in [0.25, 0.3) is 0 Å². The van der Waals surface area contributed by atoms with E-state index in [0.717, 1.165) is 43.3 Å². The Balaban J connectivity index is 1.70. The fourth-order valence-corrected chi connectivity index (χ4v) is 2.08. The Morgan fingerprint density at radius 2 is 2.05 bits per heavy atom. The molecule has 0 aliphatic heterocycles. The van der Waals surface area contributed by atoms with E-state index in [9.17, 15) is 0 Å². The van der Waals surface area contributed by atoms with Gasteiger partial charge in [-0.25, -0.2) is 4.98 Å². The van der Waals surface area contributed by atoms with Gasteiger partial charge in [-0.15, -0.1) is 0 Å². The molecule has 0 saturated heterocycles. The molecular formula is C16H23N3O. The first-order chi connectivity index (χ1) is 9.79. The zero-order valence-electron chi connectivity index (χ0n) is 12.3. The maximum atomic E-state index is 5.66. The summed E-state index contributed by atoms with van der Waals surface area (Å²) in [5, 5.41) is 3.38. The Morgan fingerprint density at radius 1 is 1.25 bits per heavy atom. The SMILES string of the molecule is CCCn1cc(C)nc1NCCCOc1ccccc1. The quantitative estimate of drug-likeness (QED) is 0.748. The number of nitrogens with zero attached hydrogens (tertiary/aromatic N) is 2. The summed E-state index contributed by atoms with van der Waals surface area (Å²) in [5.41, 5.74) is 1.06. The van der Waals surface area contributed by atoms with E-state index in [-0.39, 0.29) is 0 Å². The number of aryl methyl sites for hydroxylation is 2. The minimum Gasteiger partial charge on any atom is -0.494 e. The second-order valence-corrected chi connectivity index (χ2v) is 4.84. The highest BCUT2D eigenvalue weighted by Crippen LogP contribution is 2.10. The van der Waals surface area contributed by atoms with Crippen LogP contribution >= 0.6 is 0 Å². The van der Waals surface area contributed by atoms with Gasteiger partial charge in [0.05, 0.1) is 12.3 Å². The summed E-state index contributed by atoms with van der Waals surface area (Å²) in [6.45, 7) is 6.78. The van der Waals surface area contributed by atoms with Crippen molar-refractivity contribution >= 4 is 5.95 Å². The Labute approximate surface area is 120 Å². The van der Waals surface area contributed by atoms with E-state index in [1.54, 1.807) is 0 Å². The van der Waals surface area contributed by atoms with Gasteiger partial charge in [0.15, 0.2) is 0 Å². The standard InChI is InChI=1S/C16H23N3O/c1-3-11-19-13-14(2)18-16(19)17-10-7-12-20-15-8-5-4-6-9-15/h4-6,8-9,13H,3,7,10-12H2,1-2H3,(H,17,18). The molecule has 2 aromatic rings. The molecule has 2 rings (SSSR count). The predicted molar refractivity (Wildman–Crippen MR) is 82.3 cm³/mol. The van der Waals surface area contributed by atoms with Gasteiger partial charge in [0.2, 0.25) is 5.95 Å². The number of rotatable bonds is 8. The van der Waals surface area contributed by atoms with Crippen molar-refractivity contribution in [2.75, 3.05) is 18.5 Å². The first-order valence-corrected chi connectivity index (χ1v) is 7.25. The van der Waals surface area contributed by atoms with E-state index in [1.165, 1.54) is 0 Å². The van der Waals surface area contributed by atoms with Gasteiger partial charge in [-0.1, -0.05) is 25.1 Å². The molecule has 1 heterocycles. The summed E-state index contributed by atoms with van der Waals surface area (Å²) < 4.78 is 7.83. The third-order valence-corrected chi connectivity index (χ3v) is 2.98. The van der Waals surface area contributed by atoms with Crippen LogP contribution in [0.1, 0.15) is 25.5 Å². The second kappa shape index (κ2) is 7.58. The zero-order valence-corrected chi connectivity index (χ0v) is 12.3. The number of imidazole rings is 1. The van der Waals surface area contributed by atoms with E-state index < -0.39 is 0 Å². The zero-order chi connectivity index (χ0) is 14.2. The molecule has 0 atom stereocenters. The molecule has 0 fully saturated rings. The van der Waals surface area contributed by atoms with Gasteiger partial charge >= 0.3 is 0 Å². The molecule has 0 aliphatic carbocycles. The molecule has 0 saturated carbocycles. The van der Waals surface area contributed by atoms with Gasteiger partial charge < -0.3 is 14.6 Å². The molecule has 0 amide bonds. The summed E-state index contributed by atoms with van der Waals surface area (Å²) >= 11 is 0. The van der Waals surface area contributed by atoms with Crippen LogP contribution in [0.15, 0.2) is 36.5 Å². The maximum Gasteiger partial charge on any atom is 0.203 e. The van der Waals surface area contributed by atoms with E-state index in [0.29, 0.717) is 6.61 Å². The first-order valence-electron chi connectivity index (χ1n) is 7.25. The third-order valence-electron chi connectivity index (χ3n) is 2.98. The number of aromatic nitrogens is 2. The van der Waals surface area contributed by atoms with Crippen LogP contribution in [0.2, 0.25) is 0 Å². The van der Waals surface area contributed by atoms with Crippen LogP contribution in [-0.4, -0.2) is 22.7 Å². The molecule has 0 radical (unpaired) electrons. The Morgan fingerprint density at radius 3 is 2.80 bits per heavy atom. The van der Waals surface area contributed by atoms with Gasteiger partial charge in [0, 0.05) is 19.3 Å². The highest BCUT2D eigenvalue weighted by molar-refractivity contribution is 5.28. The Hall–Kier alpha value is -1.97. The van der Waals surface area contributed by atoms with Crippen LogP contribution < -0.4 is 10.1 Å². The normalized spacial score (nSPS) is 10.5. The molecule has 0 aliphatic rings. The monoisotopic (exact) mass is 273 g/mol. The van der Waals surface area contributed by atoms with Gasteiger partial charge in [0.1, 0.15) is 5.75 Å². The number of nitrogens with one attached hydrogen (secondary N) is 1. The number of benzene rings is 1. The van der Waals surface area contributed by atoms with E-state index >= 15 is 0 Å². The summed E-state index contributed by atoms with van der Waals surface area (Å²) in [4.78, 5) is 4.50. The average molecular weight is 273 g/mol. The van der Waals surface area contributed by atoms with Gasteiger partial charge in [-0.3, -0.25) is 0 Å². The Kier molecular flexibility index (Phi) is 5.47. The highest BCUT2D eigenvalue weighted by atomic mass is 16.5. The van der Waals surface area contributed by atoms with E-state index in [2.05, 4.69) is 28.0 Å². The first kappa shape index (κ1) is 14.4. The summed E-state index contributed by atoms with van der Waals surface area (Å²) in [7, 11) is 0. The van der Waals surface area contributed by atoms with Crippen molar-refractivity contribution in [3.63, 3.8) is 0 Å². The van der Waals surface area contributed by atoms with Crippen LogP contribution in [-0.2, 0) is 6.54 Å². The van der Waals surface area contributed by atoms with E-state index in [4.69, 9.17) is 4.74 Å². The average Bonchev–Trinajstić information content (AvgIpc) is 2.80. The van der Waals surface area contributed by atoms with Crippen molar-refractivity contribution in [3.8, 4) is 5.75 Å². The van der Waals surface area contributed by atoms with Crippen LogP contribution in [0.4, 0.5) is 5.95 Å². The molecule has 1 aromatic carbocycles. The van der Waals surface area contributed by atoms with Crippen LogP contribution in [0.3, 0.4) is 0 Å². The fourth-order valence-electron chi connectivity index (χ4n) is 2.08. The van der Waals surface area contributed by atoms with E-state index in [1.807, 2.05) is 37.3 Å². The highest BCUT2D eigenvalue weighted by Gasteiger charge is 2.03. The number of ether oxygens (including phenoxy) is 1. The molecule has 0 unspecified atom stereocenters. The summed E-state index contributed by atoms with van der Waals surface area (Å²) in [6, 6.07) is 9.91. The lowest BCUT2D eigenvalue weighted by molar-refractivity contribution is 0.315. The number of hydrogen-bond acceptors (Lipinski definition) is 3. The lowest BCUT2D eigenvalue weighted by Gasteiger charge is -2.09. The molecule has 4 heteroatoms. The lowest BCUT2D eigenvalue weighted by atomic mass is 10.3. The smallest absolute Gasteiger partial charge is 0.203 e. The topological polar surface area (TPSA) is 39.1 Å². The second-order valence-electron chi connectivity index (χ2n) is 4.84. The number of para-hydroxylation sites is 1. The van der Waals surface area contributed by atoms with Crippen molar-refractivity contribution in [1.29, 1.82) is 0 Å². The maximum absolute atomic E-state index is 5.66. The number of anilines is 1. The predicted octanol–water partition coefficient (Wildman–Crippen LogP) is 3.48. The van der Waals surface area contributed by atoms with Crippen molar-refractivity contribution in [3.05, 3.63) is 42.2 Å². The van der Waals surface area contributed by atoms with Crippen molar-refractivity contribution < 1.29 is 4.74 Å². The largest absolute Gasteiger partial charge is 0.494 e. The van der Waals surface area contributed by atoms with Crippen LogP contribution in [0.25, 0.3) is 0 Å². The minimum atomic E-state index is 0.713. The van der Waals surface area contributed by atoms with Crippen molar-refractivity contribution in [2.24, 2.45) is 0 Å². The molecule has 108 valence electrons. The molecule has 1 aromatic heterocycles. The molecule has 4 nitrogen and oxygen atoms in total. The molecule has 0 spiro atoms. The molecule has 20 heavy (non-hydrogen) atoms. The fraction of sp³-hybridized carbons (Fsp3) is 0.438. The van der Waals surface area contributed by atoms with Gasteiger partial charge in [-0.2, -0.15) is 0 Å². The summed E-state index contributed by atoms with van der Waals surface area (Å²) in [5.74, 6) is 1.89. The lowest BCUT2D eigenvalue weighted by Crippen LogP contribution is -2.11. The number of hydrogen-bond donors (Lipinski definition) is 1. The molecule has 1 N–H and O–H groups in total.